The van der Waals surface area contributed by atoms with Crippen molar-refractivity contribution >= 4 is 32.4 Å². The van der Waals surface area contributed by atoms with E-state index in [9.17, 15) is 13.2 Å². The maximum Gasteiger partial charge on any atom is 0.270 e. The Morgan fingerprint density at radius 3 is 2.77 bits per heavy atom. The average molecular weight is 344 g/mol. The van der Waals surface area contributed by atoms with Crippen molar-refractivity contribution in [2.75, 3.05) is 11.9 Å². The second kappa shape index (κ2) is 7.30. The van der Waals surface area contributed by atoms with Crippen LogP contribution in [-0.2, 0) is 14.8 Å². The number of aromatic nitrogens is 2. The zero-order valence-corrected chi connectivity index (χ0v) is 14.3. The fraction of sp³-hybridized carbons (Fsp3) is 0.615. The molecule has 0 saturated heterocycles. The van der Waals surface area contributed by atoms with Gasteiger partial charge in [0.15, 0.2) is 0 Å². The molecule has 122 valence electrons. The van der Waals surface area contributed by atoms with Gasteiger partial charge in [0.05, 0.1) is 0 Å². The predicted molar refractivity (Wildman–Crippen MR) is 85.1 cm³/mol. The Kier molecular flexibility index (Phi) is 5.65. The first kappa shape index (κ1) is 17.0. The highest BCUT2D eigenvalue weighted by Gasteiger charge is 2.21. The molecule has 2 N–H and O–H groups in total. The van der Waals surface area contributed by atoms with Crippen LogP contribution in [-0.4, -0.2) is 31.1 Å². The van der Waals surface area contributed by atoms with E-state index in [-0.39, 0.29) is 21.3 Å². The second-order valence-electron chi connectivity index (χ2n) is 5.45. The molecule has 22 heavy (non-hydrogen) atoms. The number of anilines is 1. The molecule has 1 amide bonds. The van der Waals surface area contributed by atoms with Gasteiger partial charge < -0.3 is 5.32 Å². The molecule has 1 aromatic rings. The van der Waals surface area contributed by atoms with Crippen LogP contribution < -0.4 is 10.0 Å². The fourth-order valence-corrected chi connectivity index (χ4v) is 3.91. The van der Waals surface area contributed by atoms with Gasteiger partial charge >= 0.3 is 0 Å². The van der Waals surface area contributed by atoms with E-state index < -0.39 is 10.0 Å². The van der Waals surface area contributed by atoms with Crippen molar-refractivity contribution in [3.05, 3.63) is 11.6 Å². The van der Waals surface area contributed by atoms with Crippen molar-refractivity contribution in [1.29, 1.82) is 0 Å². The number of nitrogens with zero attached hydrogens (tertiary/aromatic N) is 2. The molecule has 1 aliphatic carbocycles. The lowest BCUT2D eigenvalue weighted by atomic mass is 10.0. The number of hydrogen-bond donors (Lipinski definition) is 2. The number of carbonyl (C=O) groups excluding carboxylic acids is 1. The van der Waals surface area contributed by atoms with Gasteiger partial charge in [0, 0.05) is 12.5 Å². The van der Waals surface area contributed by atoms with Crippen LogP contribution in [0, 0.1) is 5.92 Å². The van der Waals surface area contributed by atoms with Gasteiger partial charge in [-0.25, -0.2) is 13.1 Å². The molecule has 1 heterocycles. The van der Waals surface area contributed by atoms with Gasteiger partial charge in [-0.3, -0.25) is 4.79 Å². The van der Waals surface area contributed by atoms with Gasteiger partial charge in [-0.1, -0.05) is 36.8 Å². The number of hydrogen-bond acceptors (Lipinski definition) is 6. The number of rotatable bonds is 6. The summed E-state index contributed by atoms with van der Waals surface area (Å²) >= 11 is 0.848. The van der Waals surface area contributed by atoms with Crippen LogP contribution in [0.4, 0.5) is 5.13 Å². The summed E-state index contributed by atoms with van der Waals surface area (Å²) in [4.78, 5) is 11.6. The van der Waals surface area contributed by atoms with E-state index in [1.807, 2.05) is 0 Å². The minimum absolute atomic E-state index is 0.136. The summed E-state index contributed by atoms with van der Waals surface area (Å²) in [6.45, 7) is 3.79. The molecule has 1 aromatic heterocycles. The predicted octanol–water partition coefficient (Wildman–Crippen LogP) is 1.91. The van der Waals surface area contributed by atoms with Crippen LogP contribution >= 0.6 is 11.3 Å². The SMILES string of the molecule is CC(C)C(=O)Nc1nnc(S(=O)(=O)NCC2=CCCCC2)s1. The lowest BCUT2D eigenvalue weighted by molar-refractivity contribution is -0.118. The normalized spacial score (nSPS) is 15.7. The van der Waals surface area contributed by atoms with Crippen molar-refractivity contribution in [3.63, 3.8) is 0 Å². The molecule has 0 spiro atoms. The topological polar surface area (TPSA) is 101 Å². The van der Waals surface area contributed by atoms with E-state index in [1.54, 1.807) is 13.8 Å². The minimum Gasteiger partial charge on any atom is -0.300 e. The molecule has 1 aliphatic rings. The maximum absolute atomic E-state index is 12.2. The van der Waals surface area contributed by atoms with Crippen LogP contribution in [0.5, 0.6) is 0 Å². The maximum atomic E-state index is 12.2. The van der Waals surface area contributed by atoms with Crippen LogP contribution in [0.15, 0.2) is 16.0 Å². The number of sulfonamides is 1. The van der Waals surface area contributed by atoms with Crippen molar-refractivity contribution in [3.8, 4) is 0 Å². The first-order valence-corrected chi connectivity index (χ1v) is 9.50. The summed E-state index contributed by atoms with van der Waals surface area (Å²) in [6.07, 6.45) is 6.26. The lowest BCUT2D eigenvalue weighted by Gasteiger charge is -2.12. The lowest BCUT2D eigenvalue weighted by Crippen LogP contribution is -2.26. The highest BCUT2D eigenvalue weighted by molar-refractivity contribution is 7.91. The van der Waals surface area contributed by atoms with Gasteiger partial charge in [-0.05, 0) is 25.7 Å². The number of amides is 1. The van der Waals surface area contributed by atoms with Crippen LogP contribution in [0.2, 0.25) is 0 Å². The average Bonchev–Trinajstić information content (AvgIpc) is 2.95. The van der Waals surface area contributed by atoms with E-state index in [2.05, 4.69) is 26.3 Å². The molecular formula is C13H20N4O3S2. The fourth-order valence-electron chi connectivity index (χ4n) is 1.93. The highest BCUT2D eigenvalue weighted by Crippen LogP contribution is 2.21. The number of carbonyl (C=O) groups is 1. The summed E-state index contributed by atoms with van der Waals surface area (Å²) in [5.41, 5.74) is 1.10. The second-order valence-corrected chi connectivity index (χ2v) is 8.37. The third kappa shape index (κ3) is 4.59. The van der Waals surface area contributed by atoms with E-state index in [4.69, 9.17) is 0 Å². The Hall–Kier alpha value is -1.32. The summed E-state index contributed by atoms with van der Waals surface area (Å²) in [7, 11) is -3.69. The van der Waals surface area contributed by atoms with Crippen molar-refractivity contribution in [2.45, 2.75) is 43.9 Å². The number of nitrogens with one attached hydrogen (secondary N) is 2. The first-order valence-electron chi connectivity index (χ1n) is 7.20. The van der Waals surface area contributed by atoms with Crippen molar-refractivity contribution < 1.29 is 13.2 Å². The Morgan fingerprint density at radius 1 is 1.36 bits per heavy atom. The molecular weight excluding hydrogens is 324 g/mol. The van der Waals surface area contributed by atoms with Gasteiger partial charge in [-0.2, -0.15) is 0 Å². The highest BCUT2D eigenvalue weighted by atomic mass is 32.2. The summed E-state index contributed by atoms with van der Waals surface area (Å²) in [6, 6.07) is 0. The van der Waals surface area contributed by atoms with E-state index in [0.29, 0.717) is 6.54 Å². The van der Waals surface area contributed by atoms with E-state index >= 15 is 0 Å². The molecule has 7 nitrogen and oxygen atoms in total. The van der Waals surface area contributed by atoms with Crippen LogP contribution in [0.1, 0.15) is 39.5 Å². The molecule has 0 aromatic carbocycles. The van der Waals surface area contributed by atoms with E-state index in [0.717, 1.165) is 42.6 Å². The molecule has 0 unspecified atom stereocenters. The van der Waals surface area contributed by atoms with Gasteiger partial charge in [-0.15, -0.1) is 10.2 Å². The third-order valence-corrected chi connectivity index (χ3v) is 5.87. The third-order valence-electron chi connectivity index (χ3n) is 3.27. The molecule has 0 atom stereocenters. The Balaban J connectivity index is 1.99. The van der Waals surface area contributed by atoms with Crippen LogP contribution in [0.25, 0.3) is 0 Å². The van der Waals surface area contributed by atoms with Crippen molar-refractivity contribution in [1.82, 2.24) is 14.9 Å². The summed E-state index contributed by atoms with van der Waals surface area (Å²) in [5.74, 6) is -0.430. The monoisotopic (exact) mass is 344 g/mol. The molecule has 0 saturated carbocycles. The first-order chi connectivity index (χ1) is 10.4. The van der Waals surface area contributed by atoms with Gasteiger partial charge in [0.1, 0.15) is 0 Å². The molecule has 9 heteroatoms. The Bertz CT molecular complexity index is 665. The molecule has 2 rings (SSSR count). The zero-order chi connectivity index (χ0) is 16.2. The molecule has 0 aliphatic heterocycles. The van der Waals surface area contributed by atoms with E-state index in [1.165, 1.54) is 0 Å². The van der Waals surface area contributed by atoms with Crippen LogP contribution in [0.3, 0.4) is 0 Å². The summed E-state index contributed by atoms with van der Waals surface area (Å²) in [5, 5.41) is 10.1. The number of allylic oxidation sites excluding steroid dienone is 1. The van der Waals surface area contributed by atoms with Gasteiger partial charge in [0.2, 0.25) is 15.4 Å². The zero-order valence-electron chi connectivity index (χ0n) is 12.6. The summed E-state index contributed by atoms with van der Waals surface area (Å²) < 4.78 is 26.7. The molecule has 0 bridgehead atoms. The Morgan fingerprint density at radius 2 is 2.14 bits per heavy atom. The molecule has 0 radical (unpaired) electrons. The molecule has 0 fully saturated rings. The standard InChI is InChI=1S/C13H20N4O3S2/c1-9(2)11(18)15-12-16-17-13(21-12)22(19,20)14-8-10-6-4-3-5-7-10/h6,9,14H,3-5,7-8H2,1-2H3,(H,15,16,18). The minimum atomic E-state index is -3.69. The van der Waals surface area contributed by atoms with Gasteiger partial charge in [0.25, 0.3) is 10.0 Å². The Labute approximate surface area is 134 Å². The smallest absolute Gasteiger partial charge is 0.270 e. The quantitative estimate of drug-likeness (QED) is 0.606. The van der Waals surface area contributed by atoms with Crippen molar-refractivity contribution in [2.24, 2.45) is 5.92 Å². The largest absolute Gasteiger partial charge is 0.300 e.